The molecular formula is C10H22N2. The monoisotopic (exact) mass is 170 g/mol. The zero-order valence-electron chi connectivity index (χ0n) is 8.64. The van der Waals surface area contributed by atoms with Crippen LogP contribution in [0.5, 0.6) is 0 Å². The maximum Gasteiger partial charge on any atom is 0.0138 e. The predicted molar refractivity (Wildman–Crippen MR) is 53.2 cm³/mol. The van der Waals surface area contributed by atoms with Crippen LogP contribution < -0.4 is 5.73 Å². The summed E-state index contributed by atoms with van der Waals surface area (Å²) >= 11 is 0. The molecule has 0 radical (unpaired) electrons. The van der Waals surface area contributed by atoms with E-state index in [0.717, 1.165) is 6.42 Å². The van der Waals surface area contributed by atoms with Crippen LogP contribution in [0.4, 0.5) is 0 Å². The van der Waals surface area contributed by atoms with Crippen LogP contribution >= 0.6 is 0 Å². The van der Waals surface area contributed by atoms with Gasteiger partial charge in [0.15, 0.2) is 0 Å². The van der Waals surface area contributed by atoms with Crippen molar-refractivity contribution in [1.82, 2.24) is 4.90 Å². The molecule has 1 fully saturated rings. The molecule has 0 saturated carbocycles. The Morgan fingerprint density at radius 2 is 1.92 bits per heavy atom. The zero-order chi connectivity index (χ0) is 9.19. The quantitative estimate of drug-likeness (QED) is 0.647. The molecule has 1 aliphatic heterocycles. The van der Waals surface area contributed by atoms with E-state index in [1.54, 1.807) is 0 Å². The van der Waals surface area contributed by atoms with Gasteiger partial charge in [0, 0.05) is 18.1 Å². The molecule has 0 aliphatic carbocycles. The molecule has 1 atom stereocenters. The fourth-order valence-electron chi connectivity index (χ4n) is 1.84. The van der Waals surface area contributed by atoms with Gasteiger partial charge in [0.2, 0.25) is 0 Å². The molecule has 2 heteroatoms. The summed E-state index contributed by atoms with van der Waals surface area (Å²) in [5.74, 6) is 0. The van der Waals surface area contributed by atoms with Gasteiger partial charge >= 0.3 is 0 Å². The number of hydrogen-bond donors (Lipinski definition) is 1. The van der Waals surface area contributed by atoms with Crippen molar-refractivity contribution in [2.24, 2.45) is 5.73 Å². The average molecular weight is 170 g/mol. The highest BCUT2D eigenvalue weighted by Crippen LogP contribution is 2.19. The average Bonchev–Trinajstić information content (AvgIpc) is 2.10. The molecule has 1 saturated heterocycles. The second-order valence-corrected chi connectivity index (χ2v) is 4.64. The topological polar surface area (TPSA) is 29.3 Å². The summed E-state index contributed by atoms with van der Waals surface area (Å²) in [6.45, 7) is 9.10. The third-order valence-corrected chi connectivity index (χ3v) is 2.89. The largest absolute Gasteiger partial charge is 0.325 e. The van der Waals surface area contributed by atoms with Crippen molar-refractivity contribution in [3.8, 4) is 0 Å². The molecule has 72 valence electrons. The molecule has 0 aromatic rings. The molecule has 1 unspecified atom stereocenters. The molecule has 0 aromatic heterocycles. The fourth-order valence-corrected chi connectivity index (χ4v) is 1.84. The highest BCUT2D eigenvalue weighted by atomic mass is 15.1. The summed E-state index contributed by atoms with van der Waals surface area (Å²) in [5, 5.41) is 0. The fraction of sp³-hybridized carbons (Fsp3) is 1.00. The second kappa shape index (κ2) is 3.75. The Balaban J connectivity index is 2.45. The lowest BCUT2D eigenvalue weighted by Gasteiger charge is -2.25. The van der Waals surface area contributed by atoms with Crippen molar-refractivity contribution in [3.05, 3.63) is 0 Å². The predicted octanol–water partition coefficient (Wildman–Crippen LogP) is 1.60. The van der Waals surface area contributed by atoms with E-state index < -0.39 is 0 Å². The molecule has 0 bridgehead atoms. The highest BCUT2D eigenvalue weighted by molar-refractivity contribution is 4.84. The van der Waals surface area contributed by atoms with Gasteiger partial charge in [-0.25, -0.2) is 0 Å². The maximum atomic E-state index is 6.11. The lowest BCUT2D eigenvalue weighted by molar-refractivity contribution is 0.226. The van der Waals surface area contributed by atoms with Gasteiger partial charge < -0.3 is 10.6 Å². The normalized spacial score (nSPS) is 33.8. The Labute approximate surface area is 76.1 Å². The van der Waals surface area contributed by atoms with Crippen molar-refractivity contribution in [2.75, 3.05) is 13.1 Å². The molecule has 1 rings (SSSR count). The molecule has 2 nitrogen and oxygen atoms in total. The highest BCUT2D eigenvalue weighted by Gasteiger charge is 2.24. The maximum absolute atomic E-state index is 6.11. The molecule has 0 aromatic carbocycles. The molecule has 2 N–H and O–H groups in total. The van der Waals surface area contributed by atoms with E-state index >= 15 is 0 Å². The second-order valence-electron chi connectivity index (χ2n) is 4.64. The Kier molecular flexibility index (Phi) is 3.13. The first-order valence-electron chi connectivity index (χ1n) is 5.04. The minimum Gasteiger partial charge on any atom is -0.325 e. The Hall–Kier alpha value is -0.0800. The SMILES string of the molecule is CC(C)N1CCCC(C)(N)CC1. The van der Waals surface area contributed by atoms with Crippen LogP contribution in [-0.2, 0) is 0 Å². The van der Waals surface area contributed by atoms with E-state index in [0.29, 0.717) is 6.04 Å². The van der Waals surface area contributed by atoms with Crippen LogP contribution in [0.1, 0.15) is 40.0 Å². The van der Waals surface area contributed by atoms with E-state index in [-0.39, 0.29) is 5.54 Å². The lowest BCUT2D eigenvalue weighted by Crippen LogP contribution is -2.38. The smallest absolute Gasteiger partial charge is 0.0138 e. The number of likely N-dealkylation sites (tertiary alicyclic amines) is 1. The van der Waals surface area contributed by atoms with E-state index in [1.807, 2.05) is 0 Å². The van der Waals surface area contributed by atoms with Crippen LogP contribution in [-0.4, -0.2) is 29.6 Å². The van der Waals surface area contributed by atoms with Gasteiger partial charge in [-0.05, 0) is 46.6 Å². The van der Waals surface area contributed by atoms with Gasteiger partial charge in [0.25, 0.3) is 0 Å². The van der Waals surface area contributed by atoms with Gasteiger partial charge in [0.05, 0.1) is 0 Å². The van der Waals surface area contributed by atoms with Gasteiger partial charge in [-0.1, -0.05) is 0 Å². The number of nitrogens with two attached hydrogens (primary N) is 1. The molecule has 0 amide bonds. The standard InChI is InChI=1S/C10H22N2/c1-9(2)12-7-4-5-10(3,11)6-8-12/h9H,4-8,11H2,1-3H3. The van der Waals surface area contributed by atoms with Gasteiger partial charge in [-0.15, -0.1) is 0 Å². The number of nitrogens with zero attached hydrogens (tertiary/aromatic N) is 1. The number of hydrogen-bond acceptors (Lipinski definition) is 2. The van der Waals surface area contributed by atoms with E-state index in [4.69, 9.17) is 5.73 Å². The zero-order valence-corrected chi connectivity index (χ0v) is 8.64. The summed E-state index contributed by atoms with van der Waals surface area (Å²) in [4.78, 5) is 2.53. The lowest BCUT2D eigenvalue weighted by atomic mass is 9.95. The first-order chi connectivity index (χ1) is 5.51. The van der Waals surface area contributed by atoms with Gasteiger partial charge in [-0.2, -0.15) is 0 Å². The third-order valence-electron chi connectivity index (χ3n) is 2.89. The summed E-state index contributed by atoms with van der Waals surface area (Å²) in [6, 6.07) is 0.680. The van der Waals surface area contributed by atoms with Gasteiger partial charge in [-0.3, -0.25) is 0 Å². The molecular weight excluding hydrogens is 148 g/mol. The Morgan fingerprint density at radius 3 is 2.50 bits per heavy atom. The van der Waals surface area contributed by atoms with Crippen LogP contribution in [0.3, 0.4) is 0 Å². The summed E-state index contributed by atoms with van der Waals surface area (Å²) < 4.78 is 0. The Bertz CT molecular complexity index is 141. The minimum atomic E-state index is 0.0869. The van der Waals surface area contributed by atoms with Crippen molar-refractivity contribution >= 4 is 0 Å². The van der Waals surface area contributed by atoms with E-state index in [1.165, 1.54) is 25.9 Å². The Morgan fingerprint density at radius 1 is 1.25 bits per heavy atom. The van der Waals surface area contributed by atoms with Crippen molar-refractivity contribution in [2.45, 2.75) is 51.6 Å². The van der Waals surface area contributed by atoms with E-state index in [2.05, 4.69) is 25.7 Å². The van der Waals surface area contributed by atoms with Crippen LogP contribution in [0, 0.1) is 0 Å². The summed E-state index contributed by atoms with van der Waals surface area (Å²) in [6.07, 6.45) is 3.58. The van der Waals surface area contributed by atoms with Crippen LogP contribution in [0.25, 0.3) is 0 Å². The van der Waals surface area contributed by atoms with E-state index in [9.17, 15) is 0 Å². The molecule has 1 heterocycles. The number of rotatable bonds is 1. The third kappa shape index (κ3) is 2.76. The first-order valence-corrected chi connectivity index (χ1v) is 5.04. The molecule has 0 spiro atoms. The first kappa shape index (κ1) is 10.0. The minimum absolute atomic E-state index is 0.0869. The molecule has 1 aliphatic rings. The van der Waals surface area contributed by atoms with Crippen LogP contribution in [0.2, 0.25) is 0 Å². The van der Waals surface area contributed by atoms with Gasteiger partial charge in [0.1, 0.15) is 0 Å². The van der Waals surface area contributed by atoms with Crippen molar-refractivity contribution in [1.29, 1.82) is 0 Å². The molecule has 12 heavy (non-hydrogen) atoms. The van der Waals surface area contributed by atoms with Crippen molar-refractivity contribution in [3.63, 3.8) is 0 Å². The summed E-state index contributed by atoms with van der Waals surface area (Å²) in [5.41, 5.74) is 6.20. The van der Waals surface area contributed by atoms with Crippen molar-refractivity contribution < 1.29 is 0 Å². The summed E-state index contributed by atoms with van der Waals surface area (Å²) in [7, 11) is 0. The van der Waals surface area contributed by atoms with Crippen LogP contribution in [0.15, 0.2) is 0 Å².